The molecule has 1 saturated heterocycles. The van der Waals surface area contributed by atoms with Crippen LogP contribution in [0.4, 0.5) is 0 Å². The van der Waals surface area contributed by atoms with E-state index < -0.39 is 0 Å². The number of nitrogens with zero attached hydrogens (tertiary/aromatic N) is 3. The lowest BCUT2D eigenvalue weighted by Crippen LogP contribution is -2.47. The van der Waals surface area contributed by atoms with E-state index in [9.17, 15) is 4.79 Å². The van der Waals surface area contributed by atoms with E-state index in [1.807, 2.05) is 17.4 Å². The molecule has 0 spiro atoms. The molecule has 1 aliphatic rings. The Morgan fingerprint density at radius 2 is 2.16 bits per heavy atom. The zero-order valence-corrected chi connectivity index (χ0v) is 12.2. The number of aromatic nitrogens is 2. The Bertz CT molecular complexity index is 374. The van der Waals surface area contributed by atoms with E-state index in [0.717, 1.165) is 38.8 Å². The predicted molar refractivity (Wildman–Crippen MR) is 77.2 cm³/mol. The van der Waals surface area contributed by atoms with Crippen molar-refractivity contribution in [2.24, 2.45) is 5.73 Å². The van der Waals surface area contributed by atoms with Gasteiger partial charge in [0.05, 0.1) is 12.4 Å². The highest BCUT2D eigenvalue weighted by Gasteiger charge is 2.26. The molecule has 2 rings (SSSR count). The Balaban J connectivity index is 0.00000180. The highest BCUT2D eigenvalue weighted by Crippen LogP contribution is 2.22. The standard InChI is InChI=1S/C13H22N4O.ClH/c1-2-3-12(14)13(18)16-7-4-11(5-8-16)17-9-6-15-10-17;/h6,9-12H,2-5,7-8,14H2,1H3;1H. The van der Waals surface area contributed by atoms with Gasteiger partial charge in [0.1, 0.15) is 0 Å². The van der Waals surface area contributed by atoms with Gasteiger partial charge < -0.3 is 15.2 Å². The average Bonchev–Trinajstić information content (AvgIpc) is 2.92. The van der Waals surface area contributed by atoms with Crippen molar-refractivity contribution in [3.8, 4) is 0 Å². The fourth-order valence-corrected chi connectivity index (χ4v) is 2.54. The highest BCUT2D eigenvalue weighted by molar-refractivity contribution is 5.85. The van der Waals surface area contributed by atoms with Gasteiger partial charge in [0.25, 0.3) is 0 Å². The molecule has 6 heteroatoms. The molecular formula is C13H23ClN4O. The number of halogens is 1. The van der Waals surface area contributed by atoms with Gasteiger partial charge in [0.2, 0.25) is 5.91 Å². The van der Waals surface area contributed by atoms with E-state index in [1.165, 1.54) is 0 Å². The van der Waals surface area contributed by atoms with Gasteiger partial charge in [-0.1, -0.05) is 13.3 Å². The van der Waals surface area contributed by atoms with Crippen LogP contribution in [0.5, 0.6) is 0 Å². The third kappa shape index (κ3) is 3.94. The molecule has 19 heavy (non-hydrogen) atoms. The molecule has 0 bridgehead atoms. The molecule has 2 N–H and O–H groups in total. The van der Waals surface area contributed by atoms with Crippen molar-refractivity contribution in [3.05, 3.63) is 18.7 Å². The van der Waals surface area contributed by atoms with Gasteiger partial charge >= 0.3 is 0 Å². The van der Waals surface area contributed by atoms with Crippen LogP contribution >= 0.6 is 12.4 Å². The monoisotopic (exact) mass is 286 g/mol. The van der Waals surface area contributed by atoms with Crippen molar-refractivity contribution in [1.29, 1.82) is 0 Å². The van der Waals surface area contributed by atoms with Crippen LogP contribution in [0.2, 0.25) is 0 Å². The number of imidazole rings is 1. The molecule has 5 nitrogen and oxygen atoms in total. The first-order valence-corrected chi connectivity index (χ1v) is 6.74. The molecule has 108 valence electrons. The molecule has 0 aliphatic carbocycles. The summed E-state index contributed by atoms with van der Waals surface area (Å²) >= 11 is 0. The number of hydrogen-bond donors (Lipinski definition) is 1. The molecule has 1 atom stereocenters. The SMILES string of the molecule is CCCC(N)C(=O)N1CCC(n2ccnc2)CC1.Cl. The normalized spacial score (nSPS) is 17.9. The van der Waals surface area contributed by atoms with E-state index in [1.54, 1.807) is 6.20 Å². The largest absolute Gasteiger partial charge is 0.341 e. The molecule has 0 aromatic carbocycles. The topological polar surface area (TPSA) is 64.2 Å². The lowest BCUT2D eigenvalue weighted by atomic mass is 10.0. The maximum Gasteiger partial charge on any atom is 0.239 e. The maximum atomic E-state index is 12.1. The van der Waals surface area contributed by atoms with Crippen LogP contribution < -0.4 is 5.73 Å². The summed E-state index contributed by atoms with van der Waals surface area (Å²) < 4.78 is 2.13. The Kier molecular flexibility index (Phi) is 6.31. The molecule has 1 aromatic heterocycles. The van der Waals surface area contributed by atoms with Crippen molar-refractivity contribution in [2.75, 3.05) is 13.1 Å². The first-order chi connectivity index (χ1) is 8.72. The zero-order chi connectivity index (χ0) is 13.0. The third-order valence-electron chi connectivity index (χ3n) is 3.64. The molecule has 1 unspecified atom stereocenters. The fraction of sp³-hybridized carbons (Fsp3) is 0.692. The second kappa shape index (κ2) is 7.50. The van der Waals surface area contributed by atoms with Crippen LogP contribution in [-0.4, -0.2) is 39.5 Å². The van der Waals surface area contributed by atoms with E-state index in [-0.39, 0.29) is 24.4 Å². The number of carbonyl (C=O) groups is 1. The summed E-state index contributed by atoms with van der Waals surface area (Å²) in [7, 11) is 0. The first-order valence-electron chi connectivity index (χ1n) is 6.74. The lowest BCUT2D eigenvalue weighted by Gasteiger charge is -2.34. The molecule has 0 saturated carbocycles. The molecular weight excluding hydrogens is 264 g/mol. The van der Waals surface area contributed by atoms with Gasteiger partial charge in [-0.2, -0.15) is 0 Å². The number of amides is 1. The third-order valence-corrected chi connectivity index (χ3v) is 3.64. The molecule has 2 heterocycles. The van der Waals surface area contributed by atoms with Gasteiger partial charge in [-0.15, -0.1) is 12.4 Å². The Hall–Kier alpha value is -1.07. The number of hydrogen-bond acceptors (Lipinski definition) is 3. The van der Waals surface area contributed by atoms with Gasteiger partial charge in [-0.05, 0) is 19.3 Å². The van der Waals surface area contributed by atoms with E-state index in [0.29, 0.717) is 6.04 Å². The summed E-state index contributed by atoms with van der Waals surface area (Å²) in [4.78, 5) is 18.0. The number of piperidine rings is 1. The molecule has 1 fully saturated rings. The Labute approximate surface area is 120 Å². The van der Waals surface area contributed by atoms with E-state index >= 15 is 0 Å². The maximum absolute atomic E-state index is 12.1. The van der Waals surface area contributed by atoms with Crippen LogP contribution in [0.15, 0.2) is 18.7 Å². The smallest absolute Gasteiger partial charge is 0.239 e. The summed E-state index contributed by atoms with van der Waals surface area (Å²) in [5.41, 5.74) is 5.88. The Morgan fingerprint density at radius 3 is 2.68 bits per heavy atom. The van der Waals surface area contributed by atoms with Crippen LogP contribution in [0, 0.1) is 0 Å². The van der Waals surface area contributed by atoms with Crippen LogP contribution in [0.25, 0.3) is 0 Å². The lowest BCUT2D eigenvalue weighted by molar-refractivity contribution is -0.134. The zero-order valence-electron chi connectivity index (χ0n) is 11.4. The minimum Gasteiger partial charge on any atom is -0.341 e. The van der Waals surface area contributed by atoms with Crippen molar-refractivity contribution < 1.29 is 4.79 Å². The van der Waals surface area contributed by atoms with Crippen LogP contribution in [-0.2, 0) is 4.79 Å². The van der Waals surface area contributed by atoms with Crippen LogP contribution in [0.1, 0.15) is 38.6 Å². The number of nitrogens with two attached hydrogens (primary N) is 1. The predicted octanol–water partition coefficient (Wildman–Crippen LogP) is 1.60. The average molecular weight is 287 g/mol. The van der Waals surface area contributed by atoms with Crippen molar-refractivity contribution in [2.45, 2.75) is 44.7 Å². The van der Waals surface area contributed by atoms with Crippen LogP contribution in [0.3, 0.4) is 0 Å². The number of rotatable bonds is 4. The second-order valence-electron chi connectivity index (χ2n) is 4.96. The van der Waals surface area contributed by atoms with E-state index in [2.05, 4.69) is 16.5 Å². The summed E-state index contributed by atoms with van der Waals surface area (Å²) in [5, 5.41) is 0. The van der Waals surface area contributed by atoms with Crippen molar-refractivity contribution >= 4 is 18.3 Å². The fourth-order valence-electron chi connectivity index (χ4n) is 2.54. The molecule has 0 radical (unpaired) electrons. The molecule has 1 aliphatic heterocycles. The van der Waals surface area contributed by atoms with Gasteiger partial charge in [0.15, 0.2) is 0 Å². The summed E-state index contributed by atoms with van der Waals surface area (Å²) in [5.74, 6) is 0.112. The number of likely N-dealkylation sites (tertiary alicyclic amines) is 1. The van der Waals surface area contributed by atoms with Crippen molar-refractivity contribution in [1.82, 2.24) is 14.5 Å². The molecule has 1 amide bonds. The van der Waals surface area contributed by atoms with E-state index in [4.69, 9.17) is 5.73 Å². The second-order valence-corrected chi connectivity index (χ2v) is 4.96. The molecule has 1 aromatic rings. The Morgan fingerprint density at radius 1 is 1.47 bits per heavy atom. The van der Waals surface area contributed by atoms with Gasteiger partial charge in [-0.3, -0.25) is 4.79 Å². The summed E-state index contributed by atoms with van der Waals surface area (Å²) in [6, 6.07) is 0.152. The van der Waals surface area contributed by atoms with Gasteiger partial charge in [0, 0.05) is 31.5 Å². The van der Waals surface area contributed by atoms with Crippen molar-refractivity contribution in [3.63, 3.8) is 0 Å². The summed E-state index contributed by atoms with van der Waals surface area (Å²) in [6.45, 7) is 3.66. The van der Waals surface area contributed by atoms with Gasteiger partial charge in [-0.25, -0.2) is 4.98 Å². The summed E-state index contributed by atoms with van der Waals surface area (Å²) in [6.07, 6.45) is 9.35. The number of carbonyl (C=O) groups excluding carboxylic acids is 1. The first kappa shape index (κ1) is 16.0. The minimum absolute atomic E-state index is 0. The minimum atomic E-state index is -0.320. The quantitative estimate of drug-likeness (QED) is 0.914. The highest BCUT2D eigenvalue weighted by atomic mass is 35.5.